The van der Waals surface area contributed by atoms with Crippen LogP contribution in [0, 0.1) is 0 Å². The van der Waals surface area contributed by atoms with Crippen LogP contribution < -0.4 is 0 Å². The first-order chi connectivity index (χ1) is 18.9. The number of para-hydroxylation sites is 2. The van der Waals surface area contributed by atoms with Crippen LogP contribution in [-0.2, 0) is 0 Å². The van der Waals surface area contributed by atoms with Gasteiger partial charge in [0.05, 0.1) is 21.3 Å². The zero-order valence-electron chi connectivity index (χ0n) is 20.5. The second-order valence-corrected chi connectivity index (χ2v) is 10.7. The van der Waals surface area contributed by atoms with Gasteiger partial charge in [0.1, 0.15) is 0 Å². The zero-order chi connectivity index (χ0) is 25.1. The van der Waals surface area contributed by atoms with E-state index in [4.69, 9.17) is 0 Å². The van der Waals surface area contributed by atoms with Crippen molar-refractivity contribution in [2.24, 2.45) is 0 Å². The SMILES string of the molecule is c1cc(-c2ccccc2-c2cccc3c2sc2cccnc23)cc(-n2c3ccccc3c3ccccc32)c1. The Kier molecular flexibility index (Phi) is 4.73. The first-order valence-corrected chi connectivity index (χ1v) is 13.6. The second-order valence-electron chi connectivity index (χ2n) is 9.60. The first kappa shape index (κ1) is 21.4. The molecule has 0 aliphatic carbocycles. The molecular formula is C35H22N2S. The number of pyridine rings is 1. The minimum absolute atomic E-state index is 1.08. The van der Waals surface area contributed by atoms with Crippen molar-refractivity contribution >= 4 is 53.4 Å². The summed E-state index contributed by atoms with van der Waals surface area (Å²) in [6.45, 7) is 0. The Labute approximate surface area is 224 Å². The van der Waals surface area contributed by atoms with E-state index in [1.54, 1.807) is 0 Å². The number of aromatic nitrogens is 2. The molecule has 0 saturated heterocycles. The lowest BCUT2D eigenvalue weighted by atomic mass is 9.93. The Morgan fingerprint density at radius 1 is 0.526 bits per heavy atom. The van der Waals surface area contributed by atoms with Crippen molar-refractivity contribution in [1.29, 1.82) is 0 Å². The normalized spacial score (nSPS) is 11.7. The Morgan fingerprint density at radius 3 is 2.00 bits per heavy atom. The highest BCUT2D eigenvalue weighted by atomic mass is 32.1. The van der Waals surface area contributed by atoms with Gasteiger partial charge < -0.3 is 4.57 Å². The van der Waals surface area contributed by atoms with E-state index in [0.29, 0.717) is 0 Å². The fourth-order valence-electron chi connectivity index (χ4n) is 5.81. The third-order valence-corrected chi connectivity index (χ3v) is 8.66. The molecule has 178 valence electrons. The molecule has 0 atom stereocenters. The van der Waals surface area contributed by atoms with Crippen molar-refractivity contribution in [3.63, 3.8) is 0 Å². The van der Waals surface area contributed by atoms with E-state index in [9.17, 15) is 0 Å². The average molecular weight is 503 g/mol. The van der Waals surface area contributed by atoms with Crippen molar-refractivity contribution < 1.29 is 0 Å². The number of nitrogens with zero attached hydrogens (tertiary/aromatic N) is 2. The van der Waals surface area contributed by atoms with Gasteiger partial charge in [-0.25, -0.2) is 0 Å². The lowest BCUT2D eigenvalue weighted by Crippen LogP contribution is -1.94. The third-order valence-electron chi connectivity index (χ3n) is 7.47. The van der Waals surface area contributed by atoms with Crippen LogP contribution in [0.3, 0.4) is 0 Å². The molecule has 5 aromatic carbocycles. The standard InChI is InChI=1S/C35H22N2S/c1-2-13-26(29-16-8-17-30-34-33(38-35(29)30)20-9-21-36-34)25(12-1)23-10-7-11-24(22-23)37-31-18-5-3-14-27(31)28-15-4-6-19-32(28)37/h1-22H. The fraction of sp³-hybridized carbons (Fsp3) is 0. The first-order valence-electron chi connectivity index (χ1n) is 12.8. The summed E-state index contributed by atoms with van der Waals surface area (Å²) in [6, 6.07) is 45.8. The summed E-state index contributed by atoms with van der Waals surface area (Å²) in [7, 11) is 0. The van der Waals surface area contributed by atoms with Crippen LogP contribution in [0.2, 0.25) is 0 Å². The molecule has 0 unspecified atom stereocenters. The van der Waals surface area contributed by atoms with Gasteiger partial charge in [0.2, 0.25) is 0 Å². The van der Waals surface area contributed by atoms with Crippen LogP contribution in [0.1, 0.15) is 0 Å². The van der Waals surface area contributed by atoms with E-state index in [0.717, 1.165) is 5.52 Å². The van der Waals surface area contributed by atoms with Crippen LogP contribution in [-0.4, -0.2) is 9.55 Å². The Hall–Kier alpha value is -4.73. The summed E-state index contributed by atoms with van der Waals surface area (Å²) in [5.74, 6) is 0. The smallest absolute Gasteiger partial charge is 0.0888 e. The summed E-state index contributed by atoms with van der Waals surface area (Å²) < 4.78 is 4.89. The highest BCUT2D eigenvalue weighted by molar-refractivity contribution is 7.26. The van der Waals surface area contributed by atoms with Gasteiger partial charge in [-0.3, -0.25) is 4.98 Å². The zero-order valence-corrected chi connectivity index (χ0v) is 21.3. The largest absolute Gasteiger partial charge is 0.309 e. The predicted octanol–water partition coefficient (Wildman–Crippen LogP) is 9.88. The van der Waals surface area contributed by atoms with Crippen LogP contribution in [0.5, 0.6) is 0 Å². The minimum atomic E-state index is 1.08. The molecule has 0 amide bonds. The summed E-state index contributed by atoms with van der Waals surface area (Å²) >= 11 is 1.82. The molecule has 2 nitrogen and oxygen atoms in total. The summed E-state index contributed by atoms with van der Waals surface area (Å²) in [5, 5.41) is 3.77. The third kappa shape index (κ3) is 3.16. The van der Waals surface area contributed by atoms with Gasteiger partial charge >= 0.3 is 0 Å². The van der Waals surface area contributed by atoms with Gasteiger partial charge in [0.15, 0.2) is 0 Å². The van der Waals surface area contributed by atoms with Gasteiger partial charge in [-0.15, -0.1) is 11.3 Å². The monoisotopic (exact) mass is 502 g/mol. The van der Waals surface area contributed by atoms with Gasteiger partial charge in [-0.05, 0) is 53.1 Å². The Balaban J connectivity index is 1.35. The highest BCUT2D eigenvalue weighted by Crippen LogP contribution is 2.42. The van der Waals surface area contributed by atoms with Crippen molar-refractivity contribution in [3.8, 4) is 27.9 Å². The molecule has 0 fully saturated rings. The molecule has 38 heavy (non-hydrogen) atoms. The number of rotatable bonds is 3. The molecule has 3 aromatic heterocycles. The number of hydrogen-bond acceptors (Lipinski definition) is 2. The second kappa shape index (κ2) is 8.41. The van der Waals surface area contributed by atoms with E-state index < -0.39 is 0 Å². The predicted molar refractivity (Wildman–Crippen MR) is 162 cm³/mol. The molecule has 0 N–H and O–H groups in total. The van der Waals surface area contributed by atoms with Crippen LogP contribution >= 0.6 is 11.3 Å². The van der Waals surface area contributed by atoms with Crippen molar-refractivity contribution in [2.45, 2.75) is 0 Å². The quantitative estimate of drug-likeness (QED) is 0.235. The average Bonchev–Trinajstić information content (AvgIpc) is 3.53. The van der Waals surface area contributed by atoms with E-state index in [-0.39, 0.29) is 0 Å². The van der Waals surface area contributed by atoms with E-state index in [1.807, 2.05) is 23.6 Å². The van der Waals surface area contributed by atoms with Gasteiger partial charge in [-0.2, -0.15) is 0 Å². The molecule has 0 radical (unpaired) electrons. The molecule has 8 rings (SSSR count). The van der Waals surface area contributed by atoms with Crippen LogP contribution in [0.15, 0.2) is 134 Å². The maximum Gasteiger partial charge on any atom is 0.0888 e. The topological polar surface area (TPSA) is 17.8 Å². The molecule has 3 heterocycles. The number of fused-ring (bicyclic) bond motifs is 6. The Bertz CT molecular complexity index is 2090. The van der Waals surface area contributed by atoms with Crippen molar-refractivity contribution in [2.75, 3.05) is 0 Å². The molecule has 8 aromatic rings. The number of thiophene rings is 1. The molecule has 0 bridgehead atoms. The van der Waals surface area contributed by atoms with E-state index in [2.05, 4.69) is 131 Å². The van der Waals surface area contributed by atoms with Gasteiger partial charge in [0, 0.05) is 38.3 Å². The maximum absolute atomic E-state index is 4.68. The van der Waals surface area contributed by atoms with Crippen molar-refractivity contribution in [3.05, 3.63) is 134 Å². The van der Waals surface area contributed by atoms with E-state index >= 15 is 0 Å². The van der Waals surface area contributed by atoms with Gasteiger partial charge in [0.25, 0.3) is 0 Å². The molecule has 3 heteroatoms. The molecule has 0 saturated carbocycles. The number of hydrogen-bond donors (Lipinski definition) is 0. The summed E-state index contributed by atoms with van der Waals surface area (Å²) in [5.41, 5.74) is 9.62. The highest BCUT2D eigenvalue weighted by Gasteiger charge is 2.16. The van der Waals surface area contributed by atoms with Crippen LogP contribution in [0.25, 0.3) is 70.0 Å². The molecule has 0 aliphatic rings. The minimum Gasteiger partial charge on any atom is -0.309 e. The summed E-state index contributed by atoms with van der Waals surface area (Å²) in [4.78, 5) is 4.68. The lowest BCUT2D eigenvalue weighted by molar-refractivity contribution is 1.18. The molecule has 0 aliphatic heterocycles. The van der Waals surface area contributed by atoms with Crippen molar-refractivity contribution in [1.82, 2.24) is 9.55 Å². The Morgan fingerprint density at radius 2 is 1.18 bits per heavy atom. The molecular weight excluding hydrogens is 480 g/mol. The van der Waals surface area contributed by atoms with Gasteiger partial charge in [-0.1, -0.05) is 91.0 Å². The fourth-order valence-corrected chi connectivity index (χ4v) is 7.00. The van der Waals surface area contributed by atoms with Crippen LogP contribution in [0.4, 0.5) is 0 Å². The maximum atomic E-state index is 4.68. The van der Waals surface area contributed by atoms with E-state index in [1.165, 1.54) is 64.5 Å². The lowest BCUT2D eigenvalue weighted by Gasteiger charge is -2.14. The summed E-state index contributed by atoms with van der Waals surface area (Å²) in [6.07, 6.45) is 1.88. The number of benzene rings is 5. The molecule has 0 spiro atoms.